The summed E-state index contributed by atoms with van der Waals surface area (Å²) in [6, 6.07) is 9.76. The van der Waals surface area contributed by atoms with Crippen molar-refractivity contribution >= 4 is 28.2 Å². The summed E-state index contributed by atoms with van der Waals surface area (Å²) in [5.74, 6) is -1.09. The molecule has 1 atom stereocenters. The summed E-state index contributed by atoms with van der Waals surface area (Å²) < 4.78 is 7.57. The number of fused-ring (bicyclic) bond motifs is 2. The van der Waals surface area contributed by atoms with Crippen LogP contribution in [0.25, 0.3) is 16.4 Å². The Hall–Kier alpha value is -4.34. The van der Waals surface area contributed by atoms with Crippen LogP contribution < -0.4 is 20.8 Å². The van der Waals surface area contributed by atoms with Crippen molar-refractivity contribution in [2.24, 2.45) is 0 Å². The Morgan fingerprint density at radius 2 is 1.94 bits per heavy atom. The van der Waals surface area contributed by atoms with Crippen molar-refractivity contribution < 1.29 is 24.3 Å². The number of carbonyl (C=O) groups is 2. The molecule has 0 bridgehead atoms. The number of hydrogen-bond donors (Lipinski definition) is 2. The fourth-order valence-electron chi connectivity index (χ4n) is 3.83. The van der Waals surface area contributed by atoms with E-state index in [9.17, 15) is 24.3 Å². The molecule has 0 aliphatic carbocycles. The molecule has 0 aliphatic rings. The van der Waals surface area contributed by atoms with Crippen LogP contribution in [0, 0.1) is 6.92 Å². The second-order valence-electron chi connectivity index (χ2n) is 7.42. The number of aromatic nitrogens is 3. The highest BCUT2D eigenvalue weighted by atomic mass is 16.7. The van der Waals surface area contributed by atoms with E-state index in [1.165, 1.54) is 25.3 Å². The molecule has 10 heteroatoms. The van der Waals surface area contributed by atoms with Gasteiger partial charge in [-0.1, -0.05) is 17.7 Å². The Balaban J connectivity index is 1.87. The topological polar surface area (TPSA) is 132 Å². The van der Waals surface area contributed by atoms with Crippen molar-refractivity contribution in [2.75, 3.05) is 7.11 Å². The number of nitrogens with zero attached hydrogens (tertiary/aromatic N) is 2. The molecule has 3 aromatic heterocycles. The fraction of sp³-hybridized carbons (Fsp3) is 0.217. The molecule has 10 nitrogen and oxygen atoms in total. The van der Waals surface area contributed by atoms with Crippen molar-refractivity contribution in [3.05, 3.63) is 80.3 Å². The zero-order valence-corrected chi connectivity index (χ0v) is 18.1. The normalized spacial score (nSPS) is 12.1. The monoisotopic (exact) mass is 451 g/mol. The van der Waals surface area contributed by atoms with E-state index in [-0.39, 0.29) is 28.7 Å². The van der Waals surface area contributed by atoms with Crippen LogP contribution in [0.5, 0.6) is 5.75 Å². The predicted molar refractivity (Wildman–Crippen MR) is 119 cm³/mol. The van der Waals surface area contributed by atoms with Gasteiger partial charge in [0.15, 0.2) is 0 Å². The minimum atomic E-state index is -1.38. The lowest BCUT2D eigenvalue weighted by Crippen LogP contribution is -2.45. The number of benzene rings is 1. The molecular weight excluding hydrogens is 430 g/mol. The number of carboxylic acids is 1. The lowest BCUT2D eigenvalue weighted by Gasteiger charge is -2.13. The average molecular weight is 451 g/mol. The molecule has 4 rings (SSSR count). The quantitative estimate of drug-likeness (QED) is 0.409. The molecule has 3 heterocycles. The molecule has 1 unspecified atom stereocenters. The molecule has 1 aromatic carbocycles. The zero-order chi connectivity index (χ0) is 23.9. The average Bonchev–Trinajstić information content (AvgIpc) is 3.09. The molecule has 2 N–H and O–H groups in total. The van der Waals surface area contributed by atoms with Gasteiger partial charge in [-0.2, -0.15) is 0 Å². The fourth-order valence-corrected chi connectivity index (χ4v) is 3.83. The van der Waals surface area contributed by atoms with Gasteiger partial charge in [-0.05, 0) is 43.7 Å². The molecule has 0 fully saturated rings. The number of hydrogen-bond acceptors (Lipinski definition) is 6. The first kappa shape index (κ1) is 21.9. The number of methoxy groups -OCH3 is 1. The van der Waals surface area contributed by atoms with Crippen molar-refractivity contribution in [1.82, 2.24) is 14.1 Å². The van der Waals surface area contributed by atoms with Gasteiger partial charge in [0.2, 0.25) is 11.9 Å². The van der Waals surface area contributed by atoms with Crippen LogP contribution in [0.1, 0.15) is 35.0 Å². The van der Waals surface area contributed by atoms with E-state index >= 15 is 0 Å². The van der Waals surface area contributed by atoms with Crippen LogP contribution in [0.4, 0.5) is 0 Å². The van der Waals surface area contributed by atoms with Crippen LogP contribution in [-0.2, 0) is 4.79 Å². The summed E-state index contributed by atoms with van der Waals surface area (Å²) in [6.45, 7) is 3.32. The number of pyridine rings is 1. The predicted octanol–water partition coefficient (Wildman–Crippen LogP) is 1.78. The van der Waals surface area contributed by atoms with Gasteiger partial charge in [-0.3, -0.25) is 9.59 Å². The van der Waals surface area contributed by atoms with E-state index in [0.29, 0.717) is 21.7 Å². The maximum atomic E-state index is 13.5. The second-order valence-corrected chi connectivity index (χ2v) is 7.42. The van der Waals surface area contributed by atoms with Crippen LogP contribution in [0.15, 0.2) is 52.2 Å². The van der Waals surface area contributed by atoms with E-state index in [0.717, 1.165) is 5.52 Å². The lowest BCUT2D eigenvalue weighted by atomic mass is 10.0. The molecular formula is C23H21N3O7. The van der Waals surface area contributed by atoms with Crippen molar-refractivity contribution in [3.63, 3.8) is 0 Å². The summed E-state index contributed by atoms with van der Waals surface area (Å²) in [5, 5.41) is 9.20. The summed E-state index contributed by atoms with van der Waals surface area (Å²) in [4.78, 5) is 57.6. The SMILES string of the molecule is CCC(On1c(=O)[nH]c2ccc(C(=O)c3c(C)c(OC)c4ccccn34)cc2c1=O)C(=O)O. The second kappa shape index (κ2) is 8.30. The standard InChI is InChI=1S/C23H21N3O7/c1-4-17(22(29)30)33-26-21(28)14-11-13(8-9-15(14)24-23(26)31)19(27)18-12(2)20(32-3)16-7-5-6-10-25(16)18/h5-11,17H,4H2,1-3H3,(H,24,31)(H,29,30). The molecule has 0 spiro atoms. The Bertz CT molecular complexity index is 1530. The number of nitrogens with one attached hydrogen (secondary N) is 1. The number of carboxylic acid groups (broad SMARTS) is 1. The van der Waals surface area contributed by atoms with Gasteiger partial charge in [0.05, 0.1) is 23.5 Å². The summed E-state index contributed by atoms with van der Waals surface area (Å²) in [5.41, 5.74) is 0.363. The van der Waals surface area contributed by atoms with Crippen LogP contribution in [-0.4, -0.2) is 44.2 Å². The highest BCUT2D eigenvalue weighted by Gasteiger charge is 2.24. The largest absolute Gasteiger partial charge is 0.494 e. The van der Waals surface area contributed by atoms with E-state index in [1.54, 1.807) is 30.5 Å². The number of ketones is 1. The van der Waals surface area contributed by atoms with Crippen molar-refractivity contribution in [3.8, 4) is 5.75 Å². The molecule has 0 radical (unpaired) electrons. The van der Waals surface area contributed by atoms with Gasteiger partial charge in [0.25, 0.3) is 5.56 Å². The Morgan fingerprint density at radius 3 is 2.61 bits per heavy atom. The molecule has 33 heavy (non-hydrogen) atoms. The third kappa shape index (κ3) is 3.55. The molecule has 0 amide bonds. The van der Waals surface area contributed by atoms with E-state index in [1.807, 2.05) is 12.1 Å². The highest BCUT2D eigenvalue weighted by molar-refractivity contribution is 6.11. The van der Waals surface area contributed by atoms with Crippen LogP contribution >= 0.6 is 0 Å². The number of H-pyrrole nitrogens is 1. The molecule has 0 saturated carbocycles. The number of aliphatic carboxylic acids is 1. The van der Waals surface area contributed by atoms with Crippen molar-refractivity contribution in [1.29, 1.82) is 0 Å². The zero-order valence-electron chi connectivity index (χ0n) is 18.1. The number of aromatic amines is 1. The third-order valence-electron chi connectivity index (χ3n) is 5.45. The first-order valence-corrected chi connectivity index (χ1v) is 10.2. The molecule has 0 saturated heterocycles. The molecule has 0 aliphatic heterocycles. The summed E-state index contributed by atoms with van der Waals surface area (Å²) >= 11 is 0. The Kier molecular flexibility index (Phi) is 5.50. The minimum absolute atomic E-state index is 0.00571. The van der Waals surface area contributed by atoms with E-state index in [2.05, 4.69) is 4.98 Å². The Morgan fingerprint density at radius 1 is 1.18 bits per heavy atom. The highest BCUT2D eigenvalue weighted by Crippen LogP contribution is 2.31. The lowest BCUT2D eigenvalue weighted by molar-refractivity contribution is -0.151. The Labute approximate surface area is 186 Å². The van der Waals surface area contributed by atoms with Crippen LogP contribution in [0.2, 0.25) is 0 Å². The third-order valence-corrected chi connectivity index (χ3v) is 5.45. The van der Waals surface area contributed by atoms with Gasteiger partial charge >= 0.3 is 11.7 Å². The maximum absolute atomic E-state index is 13.5. The first-order chi connectivity index (χ1) is 15.8. The first-order valence-electron chi connectivity index (χ1n) is 10.2. The molecule has 4 aromatic rings. The van der Waals surface area contributed by atoms with Gasteiger partial charge in [-0.25, -0.2) is 9.59 Å². The van der Waals surface area contributed by atoms with Gasteiger partial charge in [0.1, 0.15) is 11.4 Å². The number of carbonyl (C=O) groups excluding carboxylic acids is 1. The van der Waals surface area contributed by atoms with E-state index < -0.39 is 23.3 Å². The van der Waals surface area contributed by atoms with Gasteiger partial charge in [0, 0.05) is 17.3 Å². The van der Waals surface area contributed by atoms with Gasteiger partial charge in [-0.15, -0.1) is 0 Å². The van der Waals surface area contributed by atoms with Crippen LogP contribution in [0.3, 0.4) is 0 Å². The summed E-state index contributed by atoms with van der Waals surface area (Å²) in [6.07, 6.45) is 0.405. The minimum Gasteiger partial charge on any atom is -0.494 e. The summed E-state index contributed by atoms with van der Waals surface area (Å²) in [7, 11) is 1.53. The van der Waals surface area contributed by atoms with Gasteiger partial charge < -0.3 is 24.1 Å². The van der Waals surface area contributed by atoms with Crippen molar-refractivity contribution in [2.45, 2.75) is 26.4 Å². The smallest absolute Gasteiger partial charge is 0.362 e. The number of ether oxygens (including phenoxy) is 1. The van der Waals surface area contributed by atoms with E-state index in [4.69, 9.17) is 9.57 Å². The molecule has 170 valence electrons. The maximum Gasteiger partial charge on any atom is 0.362 e. The number of rotatable bonds is 7.